The lowest BCUT2D eigenvalue weighted by Crippen LogP contribution is -1.81. The summed E-state index contributed by atoms with van der Waals surface area (Å²) >= 11 is 1.80. The topological polar surface area (TPSA) is 0 Å². The Morgan fingerprint density at radius 2 is 1.75 bits per heavy atom. The summed E-state index contributed by atoms with van der Waals surface area (Å²) in [6.45, 7) is 2.12. The van der Waals surface area contributed by atoms with E-state index in [0.29, 0.717) is 0 Å². The molecule has 0 radical (unpaired) electrons. The molecule has 0 bridgehead atoms. The van der Waals surface area contributed by atoms with Crippen molar-refractivity contribution in [1.29, 1.82) is 0 Å². The first-order chi connectivity index (χ1) is 7.79. The second-order valence-electron chi connectivity index (χ2n) is 3.91. The first-order valence-electron chi connectivity index (χ1n) is 5.49. The van der Waals surface area contributed by atoms with Gasteiger partial charge in [-0.15, -0.1) is 11.8 Å². The fourth-order valence-corrected chi connectivity index (χ4v) is 2.19. The number of hydrogen-bond donors (Lipinski definition) is 0. The highest BCUT2D eigenvalue weighted by Gasteiger charge is 2.00. The van der Waals surface area contributed by atoms with Crippen molar-refractivity contribution in [2.45, 2.75) is 13.3 Å². The molecule has 0 fully saturated rings. The van der Waals surface area contributed by atoms with Gasteiger partial charge in [-0.05, 0) is 36.8 Å². The van der Waals surface area contributed by atoms with E-state index in [1.54, 1.807) is 11.8 Å². The van der Waals surface area contributed by atoms with Crippen molar-refractivity contribution in [2.75, 3.05) is 6.26 Å². The van der Waals surface area contributed by atoms with Crippen LogP contribution in [0.25, 0.3) is 5.57 Å². The lowest BCUT2D eigenvalue weighted by atomic mass is 10.0. The zero-order valence-electron chi connectivity index (χ0n) is 9.73. The predicted octanol–water partition coefficient (Wildman–Crippen LogP) is 4.59. The molecule has 1 aliphatic carbocycles. The first kappa shape index (κ1) is 11.3. The van der Waals surface area contributed by atoms with Gasteiger partial charge in [-0.2, -0.15) is 0 Å². The summed E-state index contributed by atoms with van der Waals surface area (Å²) in [7, 11) is 0. The molecule has 0 nitrogen and oxygen atoms in total. The van der Waals surface area contributed by atoms with Crippen LogP contribution >= 0.6 is 11.8 Å². The molecule has 0 atom stereocenters. The molecule has 1 heteroatoms. The molecule has 16 heavy (non-hydrogen) atoms. The van der Waals surface area contributed by atoms with Gasteiger partial charge in [-0.1, -0.05) is 48.1 Å². The summed E-state index contributed by atoms with van der Waals surface area (Å²) in [5, 5.41) is 0. The molecule has 0 spiro atoms. The second kappa shape index (κ2) is 5.22. The molecule has 0 heterocycles. The maximum atomic E-state index is 2.28. The van der Waals surface area contributed by atoms with Crippen LogP contribution in [-0.4, -0.2) is 6.26 Å². The third kappa shape index (κ3) is 2.67. The van der Waals surface area contributed by atoms with Crippen LogP contribution < -0.4 is 0 Å². The van der Waals surface area contributed by atoms with Gasteiger partial charge in [0, 0.05) is 4.91 Å². The predicted molar refractivity (Wildman–Crippen MR) is 74.5 cm³/mol. The SMILES string of the molecule is CSC1=CCC=C(c2ccc(C)cc2)C=C1. The first-order valence-corrected chi connectivity index (χ1v) is 6.71. The molecule has 2 rings (SSSR count). The highest BCUT2D eigenvalue weighted by molar-refractivity contribution is 8.02. The molecule has 0 N–H and O–H groups in total. The molecule has 0 saturated heterocycles. The summed E-state index contributed by atoms with van der Waals surface area (Å²) in [5.74, 6) is 0. The standard InChI is InChI=1S/C15H16S/c1-12-6-8-14(9-7-12)13-4-3-5-15(16-2)11-10-13/h4-11H,3H2,1-2H3. The third-order valence-corrected chi connectivity index (χ3v) is 3.48. The second-order valence-corrected chi connectivity index (χ2v) is 4.78. The van der Waals surface area contributed by atoms with Gasteiger partial charge in [0.15, 0.2) is 0 Å². The molecule has 0 aromatic heterocycles. The molecular formula is C15H16S. The quantitative estimate of drug-likeness (QED) is 0.713. The Balaban J connectivity index is 2.24. The molecule has 0 amide bonds. The lowest BCUT2D eigenvalue weighted by Gasteiger charge is -2.02. The molecular weight excluding hydrogens is 212 g/mol. The Morgan fingerprint density at radius 1 is 1.00 bits per heavy atom. The van der Waals surface area contributed by atoms with Gasteiger partial charge < -0.3 is 0 Å². The summed E-state index contributed by atoms with van der Waals surface area (Å²) in [6.07, 6.45) is 12.1. The number of allylic oxidation sites excluding steroid dienone is 5. The number of aryl methyl sites for hydroxylation is 1. The number of benzene rings is 1. The van der Waals surface area contributed by atoms with E-state index in [2.05, 4.69) is 61.7 Å². The lowest BCUT2D eigenvalue weighted by molar-refractivity contribution is 1.39. The van der Waals surface area contributed by atoms with Crippen LogP contribution in [-0.2, 0) is 0 Å². The normalized spacial score (nSPS) is 15.4. The maximum absolute atomic E-state index is 2.28. The average molecular weight is 228 g/mol. The van der Waals surface area contributed by atoms with Gasteiger partial charge in [0.1, 0.15) is 0 Å². The Morgan fingerprint density at radius 3 is 2.44 bits per heavy atom. The number of hydrogen-bond acceptors (Lipinski definition) is 1. The van der Waals surface area contributed by atoms with Crippen LogP contribution in [0.2, 0.25) is 0 Å². The average Bonchev–Trinajstić information content (AvgIpc) is 2.55. The monoisotopic (exact) mass is 228 g/mol. The summed E-state index contributed by atoms with van der Waals surface area (Å²) in [6, 6.07) is 8.71. The van der Waals surface area contributed by atoms with Crippen molar-refractivity contribution >= 4 is 17.3 Å². The molecule has 1 aromatic rings. The van der Waals surface area contributed by atoms with E-state index in [1.807, 2.05) is 0 Å². The molecule has 0 unspecified atom stereocenters. The van der Waals surface area contributed by atoms with E-state index in [9.17, 15) is 0 Å². The van der Waals surface area contributed by atoms with Crippen molar-refractivity contribution in [3.63, 3.8) is 0 Å². The van der Waals surface area contributed by atoms with Crippen molar-refractivity contribution in [1.82, 2.24) is 0 Å². The van der Waals surface area contributed by atoms with Gasteiger partial charge in [-0.3, -0.25) is 0 Å². The van der Waals surface area contributed by atoms with Crippen molar-refractivity contribution in [3.8, 4) is 0 Å². The van der Waals surface area contributed by atoms with E-state index in [4.69, 9.17) is 0 Å². The van der Waals surface area contributed by atoms with Crippen LogP contribution in [0.3, 0.4) is 0 Å². The van der Waals surface area contributed by atoms with Crippen LogP contribution in [0.5, 0.6) is 0 Å². The van der Waals surface area contributed by atoms with E-state index < -0.39 is 0 Å². The van der Waals surface area contributed by atoms with Crippen LogP contribution in [0, 0.1) is 6.92 Å². The fourth-order valence-electron chi connectivity index (χ4n) is 1.72. The zero-order chi connectivity index (χ0) is 11.4. The van der Waals surface area contributed by atoms with E-state index in [-0.39, 0.29) is 0 Å². The minimum Gasteiger partial charge on any atom is -0.130 e. The smallest absolute Gasteiger partial charge is 0.00325 e. The third-order valence-electron chi connectivity index (χ3n) is 2.70. The van der Waals surface area contributed by atoms with E-state index >= 15 is 0 Å². The largest absolute Gasteiger partial charge is 0.130 e. The molecule has 0 aliphatic heterocycles. The van der Waals surface area contributed by atoms with E-state index in [0.717, 1.165) is 6.42 Å². The molecule has 1 aromatic carbocycles. The Hall–Kier alpha value is -1.21. The van der Waals surface area contributed by atoms with Gasteiger partial charge in [0.2, 0.25) is 0 Å². The number of thioether (sulfide) groups is 1. The highest BCUT2D eigenvalue weighted by atomic mass is 32.2. The van der Waals surface area contributed by atoms with Gasteiger partial charge >= 0.3 is 0 Å². The van der Waals surface area contributed by atoms with Crippen LogP contribution in [0.15, 0.2) is 53.5 Å². The Labute approximate surface area is 102 Å². The van der Waals surface area contributed by atoms with Gasteiger partial charge in [-0.25, -0.2) is 0 Å². The van der Waals surface area contributed by atoms with Crippen molar-refractivity contribution < 1.29 is 0 Å². The molecule has 0 saturated carbocycles. The summed E-state index contributed by atoms with van der Waals surface area (Å²) < 4.78 is 0. The van der Waals surface area contributed by atoms with Gasteiger partial charge in [0.05, 0.1) is 0 Å². The van der Waals surface area contributed by atoms with Crippen molar-refractivity contribution in [2.24, 2.45) is 0 Å². The minimum absolute atomic E-state index is 1.02. The zero-order valence-corrected chi connectivity index (χ0v) is 10.6. The van der Waals surface area contributed by atoms with Crippen molar-refractivity contribution in [3.05, 3.63) is 64.6 Å². The molecule has 1 aliphatic rings. The maximum Gasteiger partial charge on any atom is 0.00325 e. The Kier molecular flexibility index (Phi) is 3.68. The van der Waals surface area contributed by atoms with Crippen LogP contribution in [0.4, 0.5) is 0 Å². The fraction of sp³-hybridized carbons (Fsp3) is 0.200. The summed E-state index contributed by atoms with van der Waals surface area (Å²) in [4.78, 5) is 1.35. The van der Waals surface area contributed by atoms with Crippen LogP contribution in [0.1, 0.15) is 17.5 Å². The van der Waals surface area contributed by atoms with E-state index in [1.165, 1.54) is 21.6 Å². The number of rotatable bonds is 2. The summed E-state index contributed by atoms with van der Waals surface area (Å²) in [5.41, 5.74) is 3.93. The molecule has 82 valence electrons. The highest BCUT2D eigenvalue weighted by Crippen LogP contribution is 2.24. The van der Waals surface area contributed by atoms with Gasteiger partial charge in [0.25, 0.3) is 0 Å². The Bertz CT molecular complexity index is 447. The minimum atomic E-state index is 1.02.